The van der Waals surface area contributed by atoms with Gasteiger partial charge in [0.2, 0.25) is 5.88 Å². The van der Waals surface area contributed by atoms with E-state index in [9.17, 15) is 14.9 Å². The third kappa shape index (κ3) is 3.92. The Bertz CT molecular complexity index is 1020. The molecule has 0 atom stereocenters. The van der Waals surface area contributed by atoms with Gasteiger partial charge in [0.15, 0.2) is 12.4 Å². The largest absolute Gasteiger partial charge is 0.490 e. The minimum Gasteiger partial charge on any atom is -0.490 e. The first kappa shape index (κ1) is 18.1. The number of nitrogens with one attached hydrogen (secondary N) is 1. The molecule has 3 aromatic rings. The highest BCUT2D eigenvalue weighted by molar-refractivity contribution is 5.93. The molecule has 0 saturated heterocycles. The number of amides is 1. The number of rotatable bonds is 6. The minimum absolute atomic E-state index is 0.0589. The van der Waals surface area contributed by atoms with E-state index in [-0.39, 0.29) is 18.0 Å². The highest BCUT2D eigenvalue weighted by atomic mass is 16.6. The summed E-state index contributed by atoms with van der Waals surface area (Å²) in [5.74, 6) is -0.0749. The van der Waals surface area contributed by atoms with E-state index in [2.05, 4.69) is 15.3 Å². The monoisotopic (exact) mass is 368 g/mol. The molecule has 0 radical (unpaired) electrons. The van der Waals surface area contributed by atoms with Crippen LogP contribution in [0, 0.1) is 17.0 Å². The first-order valence-corrected chi connectivity index (χ1v) is 7.95. The zero-order valence-corrected chi connectivity index (χ0v) is 14.6. The molecular weight excluding hydrogens is 352 g/mol. The number of nitro benzene ring substituents is 1. The fourth-order valence-electron chi connectivity index (χ4n) is 2.53. The summed E-state index contributed by atoms with van der Waals surface area (Å²) in [5.41, 5.74) is 1.47. The van der Waals surface area contributed by atoms with E-state index in [0.29, 0.717) is 28.0 Å². The molecule has 1 heterocycles. The Morgan fingerprint density at radius 1 is 1.26 bits per heavy atom. The van der Waals surface area contributed by atoms with Crippen molar-refractivity contribution in [3.8, 4) is 11.6 Å². The van der Waals surface area contributed by atoms with Gasteiger partial charge < -0.3 is 14.8 Å². The van der Waals surface area contributed by atoms with Crippen molar-refractivity contribution in [3.05, 3.63) is 58.4 Å². The van der Waals surface area contributed by atoms with Gasteiger partial charge in [-0.2, -0.15) is 0 Å². The van der Waals surface area contributed by atoms with Crippen LogP contribution in [0.15, 0.2) is 42.7 Å². The molecule has 1 N–H and O–H groups in total. The molecule has 0 spiro atoms. The Hall–Kier alpha value is -3.75. The number of ether oxygens (including phenoxy) is 2. The van der Waals surface area contributed by atoms with Gasteiger partial charge in [-0.3, -0.25) is 14.9 Å². The lowest BCUT2D eigenvalue weighted by Gasteiger charge is -2.11. The van der Waals surface area contributed by atoms with E-state index < -0.39 is 10.8 Å². The number of nitrogens with zero attached hydrogens (tertiary/aromatic N) is 3. The second kappa shape index (κ2) is 7.65. The molecule has 9 nitrogen and oxygen atoms in total. The van der Waals surface area contributed by atoms with Gasteiger partial charge in [0.05, 0.1) is 22.9 Å². The van der Waals surface area contributed by atoms with Crippen molar-refractivity contribution < 1.29 is 19.2 Å². The van der Waals surface area contributed by atoms with Crippen LogP contribution >= 0.6 is 0 Å². The van der Waals surface area contributed by atoms with Gasteiger partial charge in [-0.15, -0.1) is 0 Å². The van der Waals surface area contributed by atoms with Gasteiger partial charge >= 0.3 is 5.69 Å². The number of hydrogen-bond acceptors (Lipinski definition) is 7. The molecule has 27 heavy (non-hydrogen) atoms. The van der Waals surface area contributed by atoms with Gasteiger partial charge in [-0.05, 0) is 24.6 Å². The normalized spacial score (nSPS) is 10.4. The zero-order chi connectivity index (χ0) is 19.4. The predicted octanol–water partition coefficient (Wildman–Crippen LogP) is 2.87. The van der Waals surface area contributed by atoms with Crippen molar-refractivity contribution in [2.24, 2.45) is 0 Å². The van der Waals surface area contributed by atoms with Crippen LogP contribution in [0.1, 0.15) is 5.56 Å². The summed E-state index contributed by atoms with van der Waals surface area (Å²) in [6.07, 6.45) is 1.36. The number of aromatic nitrogens is 2. The van der Waals surface area contributed by atoms with Crippen LogP contribution < -0.4 is 14.8 Å². The number of methoxy groups -OCH3 is 1. The van der Waals surface area contributed by atoms with Gasteiger partial charge in [-0.25, -0.2) is 9.97 Å². The van der Waals surface area contributed by atoms with Gasteiger partial charge in [-0.1, -0.05) is 12.1 Å². The van der Waals surface area contributed by atoms with Crippen LogP contribution in [-0.2, 0) is 4.79 Å². The second-order valence-corrected chi connectivity index (χ2v) is 5.63. The molecule has 0 aliphatic carbocycles. The number of hydrogen-bond donors (Lipinski definition) is 1. The number of carbonyl (C=O) groups excluding carboxylic acids is 1. The van der Waals surface area contributed by atoms with Gasteiger partial charge in [0, 0.05) is 17.8 Å². The van der Waals surface area contributed by atoms with Crippen LogP contribution in [-0.4, -0.2) is 34.5 Å². The number of nitro groups is 1. The summed E-state index contributed by atoms with van der Waals surface area (Å²) in [7, 11) is 1.33. The number of aryl methyl sites for hydroxylation is 1. The molecule has 0 aliphatic heterocycles. The molecule has 1 aromatic heterocycles. The summed E-state index contributed by atoms with van der Waals surface area (Å²) in [5, 5.41) is 14.4. The maximum atomic E-state index is 12.2. The molecule has 1 amide bonds. The second-order valence-electron chi connectivity index (χ2n) is 5.63. The predicted molar refractivity (Wildman–Crippen MR) is 98.0 cm³/mol. The zero-order valence-electron chi connectivity index (χ0n) is 14.6. The number of para-hydroxylation sites is 1. The van der Waals surface area contributed by atoms with E-state index >= 15 is 0 Å². The van der Waals surface area contributed by atoms with E-state index in [0.717, 1.165) is 0 Å². The summed E-state index contributed by atoms with van der Waals surface area (Å²) in [6, 6.07) is 10.0. The number of benzene rings is 2. The maximum Gasteiger partial charge on any atom is 0.311 e. The fraction of sp³-hybridized carbons (Fsp3) is 0.167. The molecule has 0 fully saturated rings. The Kier molecular flexibility index (Phi) is 5.11. The van der Waals surface area contributed by atoms with Crippen LogP contribution in [0.25, 0.3) is 10.9 Å². The van der Waals surface area contributed by atoms with Gasteiger partial charge in [0.25, 0.3) is 5.91 Å². The molecule has 9 heteroatoms. The molecule has 0 bridgehead atoms. The Labute approximate surface area is 154 Å². The molecule has 3 rings (SSSR count). The van der Waals surface area contributed by atoms with Crippen molar-refractivity contribution in [1.82, 2.24) is 9.97 Å². The fourth-order valence-corrected chi connectivity index (χ4v) is 2.53. The third-order valence-corrected chi connectivity index (χ3v) is 3.84. The van der Waals surface area contributed by atoms with Crippen molar-refractivity contribution in [3.63, 3.8) is 0 Å². The standard InChI is InChI=1S/C18H16N4O5/c1-11-7-15(22(24)25)16(26-2)8-14(11)21-17(23)9-27-18-12-5-3-4-6-13(12)19-10-20-18/h3-8,10H,9H2,1-2H3,(H,21,23). The first-order valence-electron chi connectivity index (χ1n) is 7.95. The van der Waals surface area contributed by atoms with E-state index in [4.69, 9.17) is 9.47 Å². The van der Waals surface area contributed by atoms with E-state index in [1.54, 1.807) is 13.0 Å². The maximum absolute atomic E-state index is 12.2. The molecule has 0 aliphatic rings. The van der Waals surface area contributed by atoms with Crippen molar-refractivity contribution in [2.75, 3.05) is 19.0 Å². The topological polar surface area (TPSA) is 116 Å². The summed E-state index contributed by atoms with van der Waals surface area (Å²) in [6.45, 7) is 1.38. The molecular formula is C18H16N4O5. The minimum atomic E-state index is -0.541. The first-order chi connectivity index (χ1) is 13.0. The lowest BCUT2D eigenvalue weighted by Crippen LogP contribution is -2.21. The van der Waals surface area contributed by atoms with E-state index in [1.807, 2.05) is 18.2 Å². The average molecular weight is 368 g/mol. The van der Waals surface area contributed by atoms with Crippen LogP contribution in [0.4, 0.5) is 11.4 Å². The number of carbonyl (C=O) groups is 1. The Morgan fingerprint density at radius 3 is 2.78 bits per heavy atom. The molecule has 0 saturated carbocycles. The van der Waals surface area contributed by atoms with Crippen LogP contribution in [0.5, 0.6) is 11.6 Å². The highest BCUT2D eigenvalue weighted by Gasteiger charge is 2.18. The highest BCUT2D eigenvalue weighted by Crippen LogP contribution is 2.32. The SMILES string of the molecule is COc1cc(NC(=O)COc2ncnc3ccccc23)c(C)cc1[N+](=O)[O-]. The van der Waals surface area contributed by atoms with Gasteiger partial charge in [0.1, 0.15) is 6.33 Å². The van der Waals surface area contributed by atoms with Crippen molar-refractivity contribution in [2.45, 2.75) is 6.92 Å². The van der Waals surface area contributed by atoms with Crippen molar-refractivity contribution in [1.29, 1.82) is 0 Å². The van der Waals surface area contributed by atoms with E-state index in [1.165, 1.54) is 25.6 Å². The molecule has 2 aromatic carbocycles. The summed E-state index contributed by atoms with van der Waals surface area (Å²) < 4.78 is 10.5. The third-order valence-electron chi connectivity index (χ3n) is 3.84. The smallest absolute Gasteiger partial charge is 0.311 e. The molecule has 138 valence electrons. The van der Waals surface area contributed by atoms with Crippen LogP contribution in [0.3, 0.4) is 0 Å². The lowest BCUT2D eigenvalue weighted by molar-refractivity contribution is -0.385. The molecule has 0 unspecified atom stereocenters. The quantitative estimate of drug-likeness (QED) is 0.525. The lowest BCUT2D eigenvalue weighted by atomic mass is 10.1. The number of anilines is 1. The average Bonchev–Trinajstić information content (AvgIpc) is 2.67. The Morgan fingerprint density at radius 2 is 2.04 bits per heavy atom. The summed E-state index contributed by atoms with van der Waals surface area (Å²) in [4.78, 5) is 30.9. The number of fused-ring (bicyclic) bond motifs is 1. The van der Waals surface area contributed by atoms with Crippen molar-refractivity contribution >= 4 is 28.2 Å². The summed E-state index contributed by atoms with van der Waals surface area (Å²) >= 11 is 0. The Balaban J connectivity index is 1.73. The van der Waals surface area contributed by atoms with Crippen LogP contribution in [0.2, 0.25) is 0 Å².